The highest BCUT2D eigenvalue weighted by Crippen LogP contribution is 2.27. The first kappa shape index (κ1) is 11.6. The molecule has 1 aromatic heterocycles. The molecular formula is C15H12N2O2. The van der Waals surface area contributed by atoms with Gasteiger partial charge in [-0.3, -0.25) is 0 Å². The van der Waals surface area contributed by atoms with E-state index >= 15 is 0 Å². The molecule has 4 nitrogen and oxygen atoms in total. The van der Waals surface area contributed by atoms with Gasteiger partial charge in [0.05, 0.1) is 18.3 Å². The molecule has 19 heavy (non-hydrogen) atoms. The number of nitrogens with zero attached hydrogens (tertiary/aromatic N) is 2. The number of benzene rings is 2. The summed E-state index contributed by atoms with van der Waals surface area (Å²) in [6.07, 6.45) is 1.60. The minimum atomic E-state index is 0.0278. The first-order valence-electron chi connectivity index (χ1n) is 5.95. The summed E-state index contributed by atoms with van der Waals surface area (Å²) in [7, 11) is 0. The van der Waals surface area contributed by atoms with E-state index in [1.165, 1.54) is 0 Å². The van der Waals surface area contributed by atoms with Gasteiger partial charge in [0, 0.05) is 5.39 Å². The number of ether oxygens (including phenoxy) is 1. The monoisotopic (exact) mass is 252 g/mol. The van der Waals surface area contributed by atoms with Crippen molar-refractivity contribution in [2.24, 2.45) is 0 Å². The van der Waals surface area contributed by atoms with Gasteiger partial charge < -0.3 is 9.84 Å². The number of rotatable bonds is 3. The van der Waals surface area contributed by atoms with Crippen molar-refractivity contribution in [1.29, 1.82) is 0 Å². The van der Waals surface area contributed by atoms with Crippen molar-refractivity contribution in [2.75, 3.05) is 0 Å². The van der Waals surface area contributed by atoms with Crippen LogP contribution < -0.4 is 4.74 Å². The average molecular weight is 252 g/mol. The van der Waals surface area contributed by atoms with Gasteiger partial charge in [-0.15, -0.1) is 0 Å². The fourth-order valence-corrected chi connectivity index (χ4v) is 1.85. The van der Waals surface area contributed by atoms with Gasteiger partial charge in [-0.05, 0) is 29.8 Å². The van der Waals surface area contributed by atoms with Crippen molar-refractivity contribution >= 4 is 10.9 Å². The van der Waals surface area contributed by atoms with Crippen molar-refractivity contribution in [2.45, 2.75) is 6.61 Å². The van der Waals surface area contributed by atoms with E-state index in [0.717, 1.165) is 16.5 Å². The summed E-state index contributed by atoms with van der Waals surface area (Å²) < 4.78 is 5.81. The third kappa shape index (κ3) is 2.39. The fourth-order valence-electron chi connectivity index (χ4n) is 1.85. The van der Waals surface area contributed by atoms with Crippen molar-refractivity contribution in [1.82, 2.24) is 10.2 Å². The molecular weight excluding hydrogens is 240 g/mol. The molecule has 0 aliphatic rings. The molecule has 0 aliphatic carbocycles. The molecule has 0 bridgehead atoms. The zero-order valence-corrected chi connectivity index (χ0v) is 10.2. The van der Waals surface area contributed by atoms with Crippen LogP contribution in [0.3, 0.4) is 0 Å². The van der Waals surface area contributed by atoms with E-state index in [2.05, 4.69) is 10.2 Å². The molecule has 0 fully saturated rings. The quantitative estimate of drug-likeness (QED) is 0.778. The normalized spacial score (nSPS) is 10.6. The lowest BCUT2D eigenvalue weighted by molar-refractivity contribution is 0.281. The predicted molar refractivity (Wildman–Crippen MR) is 72.0 cm³/mol. The molecule has 4 heteroatoms. The molecule has 0 unspecified atom stereocenters. The van der Waals surface area contributed by atoms with E-state index in [0.29, 0.717) is 11.5 Å². The van der Waals surface area contributed by atoms with Crippen molar-refractivity contribution in [3.8, 4) is 11.5 Å². The first-order chi connectivity index (χ1) is 9.36. The highest BCUT2D eigenvalue weighted by molar-refractivity contribution is 5.84. The standard InChI is InChI=1S/C15H12N2O2/c18-10-11-5-7-12(8-6-11)19-15-9-16-17-14-4-2-1-3-13(14)15/h1-9,18H,10H2. The summed E-state index contributed by atoms with van der Waals surface area (Å²) in [5.74, 6) is 1.37. The maximum absolute atomic E-state index is 9.00. The van der Waals surface area contributed by atoms with E-state index in [1.807, 2.05) is 48.5 Å². The Kier molecular flexibility index (Phi) is 3.08. The summed E-state index contributed by atoms with van der Waals surface area (Å²) in [6.45, 7) is 0.0278. The Morgan fingerprint density at radius 2 is 1.79 bits per heavy atom. The van der Waals surface area contributed by atoms with Gasteiger partial charge in [0.1, 0.15) is 5.75 Å². The molecule has 0 aliphatic heterocycles. The second-order valence-corrected chi connectivity index (χ2v) is 4.13. The van der Waals surface area contributed by atoms with Gasteiger partial charge in [0.25, 0.3) is 0 Å². The minimum Gasteiger partial charge on any atom is -0.455 e. The molecule has 0 atom stereocenters. The fraction of sp³-hybridized carbons (Fsp3) is 0.0667. The molecule has 3 aromatic rings. The molecule has 1 N–H and O–H groups in total. The smallest absolute Gasteiger partial charge is 0.156 e. The van der Waals surface area contributed by atoms with E-state index in [4.69, 9.17) is 9.84 Å². The lowest BCUT2D eigenvalue weighted by atomic mass is 10.2. The SMILES string of the molecule is OCc1ccc(Oc2cnnc3ccccc23)cc1. The summed E-state index contributed by atoms with van der Waals surface area (Å²) in [5, 5.41) is 17.9. The van der Waals surface area contributed by atoms with E-state index < -0.39 is 0 Å². The lowest BCUT2D eigenvalue weighted by Crippen LogP contribution is -1.90. The van der Waals surface area contributed by atoms with Crippen LogP contribution >= 0.6 is 0 Å². The number of hydrogen-bond donors (Lipinski definition) is 1. The summed E-state index contributed by atoms with van der Waals surface area (Å²) in [6, 6.07) is 15.0. The van der Waals surface area contributed by atoms with Crippen LogP contribution in [0.2, 0.25) is 0 Å². The second kappa shape index (κ2) is 5.04. The van der Waals surface area contributed by atoms with Crippen LogP contribution in [-0.4, -0.2) is 15.3 Å². The number of aliphatic hydroxyl groups excluding tert-OH is 1. The largest absolute Gasteiger partial charge is 0.455 e. The molecule has 0 saturated carbocycles. The predicted octanol–water partition coefficient (Wildman–Crippen LogP) is 2.91. The number of aliphatic hydroxyl groups is 1. The third-order valence-electron chi connectivity index (χ3n) is 2.84. The molecule has 0 amide bonds. The van der Waals surface area contributed by atoms with Crippen LogP contribution in [-0.2, 0) is 6.61 Å². The molecule has 0 radical (unpaired) electrons. The highest BCUT2D eigenvalue weighted by Gasteiger charge is 2.04. The van der Waals surface area contributed by atoms with Gasteiger partial charge in [0.15, 0.2) is 5.75 Å². The molecule has 2 aromatic carbocycles. The Hall–Kier alpha value is -2.46. The van der Waals surface area contributed by atoms with E-state index in [9.17, 15) is 0 Å². The van der Waals surface area contributed by atoms with Crippen LogP contribution in [0.5, 0.6) is 11.5 Å². The number of aromatic nitrogens is 2. The van der Waals surface area contributed by atoms with Gasteiger partial charge in [0.2, 0.25) is 0 Å². The Morgan fingerprint density at radius 1 is 1.00 bits per heavy atom. The van der Waals surface area contributed by atoms with Crippen LogP contribution in [0, 0.1) is 0 Å². The van der Waals surface area contributed by atoms with Crippen LogP contribution in [0.1, 0.15) is 5.56 Å². The molecule has 0 saturated heterocycles. The Bertz CT molecular complexity index is 691. The van der Waals surface area contributed by atoms with Gasteiger partial charge in [-0.2, -0.15) is 10.2 Å². The van der Waals surface area contributed by atoms with Crippen LogP contribution in [0.4, 0.5) is 0 Å². The lowest BCUT2D eigenvalue weighted by Gasteiger charge is -2.08. The average Bonchev–Trinajstić information content (AvgIpc) is 2.48. The molecule has 0 spiro atoms. The zero-order chi connectivity index (χ0) is 13.1. The first-order valence-corrected chi connectivity index (χ1v) is 5.95. The highest BCUT2D eigenvalue weighted by atomic mass is 16.5. The maximum Gasteiger partial charge on any atom is 0.156 e. The second-order valence-electron chi connectivity index (χ2n) is 4.13. The van der Waals surface area contributed by atoms with Crippen LogP contribution in [0.25, 0.3) is 10.9 Å². The minimum absolute atomic E-state index is 0.0278. The number of fused-ring (bicyclic) bond motifs is 1. The number of hydrogen-bond acceptors (Lipinski definition) is 4. The van der Waals surface area contributed by atoms with Crippen molar-refractivity contribution in [3.05, 3.63) is 60.3 Å². The molecule has 94 valence electrons. The summed E-state index contributed by atoms with van der Waals surface area (Å²) in [4.78, 5) is 0. The zero-order valence-electron chi connectivity index (χ0n) is 10.2. The Labute approximate surface area is 110 Å². The van der Waals surface area contributed by atoms with Gasteiger partial charge in [-0.25, -0.2) is 0 Å². The van der Waals surface area contributed by atoms with Crippen molar-refractivity contribution < 1.29 is 9.84 Å². The van der Waals surface area contributed by atoms with Gasteiger partial charge >= 0.3 is 0 Å². The summed E-state index contributed by atoms with van der Waals surface area (Å²) in [5.41, 5.74) is 1.65. The topological polar surface area (TPSA) is 55.2 Å². The van der Waals surface area contributed by atoms with Gasteiger partial charge in [-0.1, -0.05) is 24.3 Å². The van der Waals surface area contributed by atoms with E-state index in [-0.39, 0.29) is 6.61 Å². The molecule has 3 rings (SSSR count). The third-order valence-corrected chi connectivity index (χ3v) is 2.84. The van der Waals surface area contributed by atoms with Crippen LogP contribution in [0.15, 0.2) is 54.7 Å². The summed E-state index contributed by atoms with van der Waals surface area (Å²) >= 11 is 0. The maximum atomic E-state index is 9.00. The van der Waals surface area contributed by atoms with Crippen molar-refractivity contribution in [3.63, 3.8) is 0 Å². The Morgan fingerprint density at radius 3 is 2.58 bits per heavy atom. The van der Waals surface area contributed by atoms with E-state index in [1.54, 1.807) is 6.20 Å². The Balaban J connectivity index is 1.96. The molecule has 1 heterocycles.